The number of hydrogen-bond acceptors (Lipinski definition) is 2. The van der Waals surface area contributed by atoms with Crippen molar-refractivity contribution in [3.8, 4) is 17.0 Å². The largest absolute Gasteiger partial charge is 0.494 e. The molecule has 0 saturated heterocycles. The van der Waals surface area contributed by atoms with Crippen molar-refractivity contribution < 1.29 is 13.9 Å². The first-order valence-electron chi connectivity index (χ1n) is 5.14. The van der Waals surface area contributed by atoms with Crippen LogP contribution in [0.1, 0.15) is 16.1 Å². The first kappa shape index (κ1) is 11.4. The summed E-state index contributed by atoms with van der Waals surface area (Å²) in [5, 5.41) is 0. The third-order valence-corrected chi connectivity index (χ3v) is 2.60. The Morgan fingerprint density at radius 2 is 2.12 bits per heavy atom. The molecule has 0 unspecified atom stereocenters. The number of aldehydes is 1. The maximum atomic E-state index is 13.5. The summed E-state index contributed by atoms with van der Waals surface area (Å²) in [5.74, 6) is -0.222. The fraction of sp³-hybridized carbons (Fsp3) is 0.154. The Kier molecular flexibility index (Phi) is 2.95. The van der Waals surface area contributed by atoms with E-state index in [9.17, 15) is 9.18 Å². The van der Waals surface area contributed by atoms with E-state index in [1.807, 2.05) is 6.92 Å². The van der Waals surface area contributed by atoms with Crippen LogP contribution >= 0.6 is 0 Å². The predicted molar refractivity (Wildman–Crippen MR) is 62.9 cm³/mol. The number of carbonyl (C=O) groups excluding carboxylic acids is 1. The van der Waals surface area contributed by atoms with Gasteiger partial charge in [-0.3, -0.25) is 4.79 Å². The van der Waals surface area contributed by atoms with Gasteiger partial charge in [-0.2, -0.15) is 0 Å². The summed E-state index contributed by atoms with van der Waals surface area (Å²) in [5.41, 5.74) is 2.81. The summed E-state index contributed by atoms with van der Waals surface area (Å²) in [7, 11) is 1.42. The summed E-state index contributed by atoms with van der Waals surface area (Å²) in [6.07, 6.45) is 0.733. The third kappa shape index (κ3) is 2.06. The first-order chi connectivity index (χ1) is 8.15. The molecule has 0 fully saturated rings. The molecule has 0 aliphatic heterocycles. The van der Waals surface area contributed by atoms with Crippen LogP contribution < -0.4 is 4.74 Å². The second-order valence-electron chi connectivity index (χ2n) is 3.75. The van der Waals surface area contributed by atoms with Crippen LogP contribution in [0.25, 0.3) is 11.3 Å². The van der Waals surface area contributed by atoms with Crippen molar-refractivity contribution in [2.45, 2.75) is 6.92 Å². The topological polar surface area (TPSA) is 42.1 Å². The van der Waals surface area contributed by atoms with Crippen molar-refractivity contribution in [2.75, 3.05) is 7.11 Å². The fourth-order valence-electron chi connectivity index (χ4n) is 1.77. The first-order valence-corrected chi connectivity index (χ1v) is 5.14. The molecule has 0 bridgehead atoms. The highest BCUT2D eigenvalue weighted by atomic mass is 19.1. The summed E-state index contributed by atoms with van der Waals surface area (Å²) in [4.78, 5) is 13.6. The monoisotopic (exact) mass is 233 g/mol. The van der Waals surface area contributed by atoms with Crippen LogP contribution in [-0.4, -0.2) is 18.4 Å². The normalized spacial score (nSPS) is 10.3. The van der Waals surface area contributed by atoms with E-state index in [0.29, 0.717) is 11.3 Å². The molecule has 17 heavy (non-hydrogen) atoms. The molecule has 0 atom stereocenters. The molecule has 1 aromatic heterocycles. The van der Waals surface area contributed by atoms with E-state index in [2.05, 4.69) is 4.98 Å². The van der Waals surface area contributed by atoms with Gasteiger partial charge in [-0.05, 0) is 36.8 Å². The number of rotatable bonds is 3. The van der Waals surface area contributed by atoms with Crippen molar-refractivity contribution in [3.05, 3.63) is 41.3 Å². The molecule has 4 heteroatoms. The predicted octanol–water partition coefficient (Wildman–Crippen LogP) is 2.95. The number of aryl methyl sites for hydroxylation is 1. The van der Waals surface area contributed by atoms with Crippen LogP contribution in [0, 0.1) is 12.7 Å². The summed E-state index contributed by atoms with van der Waals surface area (Å²) in [6.45, 7) is 1.86. The van der Waals surface area contributed by atoms with Crippen LogP contribution in [0.3, 0.4) is 0 Å². The average molecular weight is 233 g/mol. The standard InChI is InChI=1S/C13H12FNO2/c1-8-5-10(7-16)15-13(8)9-3-4-12(17-2)11(14)6-9/h3-7,15H,1-2H3. The zero-order chi connectivity index (χ0) is 12.4. The van der Waals surface area contributed by atoms with Gasteiger partial charge in [0.05, 0.1) is 12.8 Å². The zero-order valence-corrected chi connectivity index (χ0v) is 9.58. The van der Waals surface area contributed by atoms with E-state index in [4.69, 9.17) is 4.74 Å². The SMILES string of the molecule is COc1ccc(-c2[nH]c(C=O)cc2C)cc1F. The Morgan fingerprint density at radius 3 is 2.65 bits per heavy atom. The number of methoxy groups -OCH3 is 1. The Bertz CT molecular complexity index is 561. The quantitative estimate of drug-likeness (QED) is 0.828. The van der Waals surface area contributed by atoms with Gasteiger partial charge in [-0.25, -0.2) is 4.39 Å². The van der Waals surface area contributed by atoms with Crippen molar-refractivity contribution in [1.29, 1.82) is 0 Å². The maximum Gasteiger partial charge on any atom is 0.166 e. The lowest BCUT2D eigenvalue weighted by Crippen LogP contribution is -1.89. The summed E-state index contributed by atoms with van der Waals surface area (Å²) >= 11 is 0. The van der Waals surface area contributed by atoms with Crippen molar-refractivity contribution in [1.82, 2.24) is 4.98 Å². The molecule has 0 aliphatic carbocycles. The maximum absolute atomic E-state index is 13.5. The number of hydrogen-bond donors (Lipinski definition) is 1. The Labute approximate surface area is 98.2 Å². The van der Waals surface area contributed by atoms with E-state index in [1.54, 1.807) is 18.2 Å². The van der Waals surface area contributed by atoms with Gasteiger partial charge in [0.25, 0.3) is 0 Å². The smallest absolute Gasteiger partial charge is 0.166 e. The summed E-state index contributed by atoms with van der Waals surface area (Å²) < 4.78 is 18.4. The molecule has 1 aromatic carbocycles. The number of ether oxygens (including phenoxy) is 1. The molecule has 2 rings (SSSR count). The summed E-state index contributed by atoms with van der Waals surface area (Å²) in [6, 6.07) is 6.41. The molecule has 0 aliphatic rings. The lowest BCUT2D eigenvalue weighted by molar-refractivity contribution is 0.111. The van der Waals surface area contributed by atoms with Crippen molar-refractivity contribution in [2.24, 2.45) is 0 Å². The van der Waals surface area contributed by atoms with Crippen LogP contribution in [-0.2, 0) is 0 Å². The lowest BCUT2D eigenvalue weighted by atomic mass is 10.1. The van der Waals surface area contributed by atoms with Crippen LogP contribution in [0.5, 0.6) is 5.75 Å². The molecule has 1 heterocycles. The van der Waals surface area contributed by atoms with Crippen LogP contribution in [0.15, 0.2) is 24.3 Å². The average Bonchev–Trinajstić information content (AvgIpc) is 2.70. The number of aromatic amines is 1. The molecular weight excluding hydrogens is 221 g/mol. The molecule has 1 N–H and O–H groups in total. The molecule has 88 valence electrons. The van der Waals surface area contributed by atoms with Crippen molar-refractivity contribution >= 4 is 6.29 Å². The molecule has 2 aromatic rings. The number of benzene rings is 1. The number of aromatic nitrogens is 1. The van der Waals surface area contributed by atoms with Gasteiger partial charge >= 0.3 is 0 Å². The minimum atomic E-state index is -0.424. The molecule has 0 radical (unpaired) electrons. The number of H-pyrrole nitrogens is 1. The third-order valence-electron chi connectivity index (χ3n) is 2.60. The van der Waals surface area contributed by atoms with Crippen LogP contribution in [0.2, 0.25) is 0 Å². The van der Waals surface area contributed by atoms with Gasteiger partial charge < -0.3 is 9.72 Å². The Hall–Kier alpha value is -2.10. The van der Waals surface area contributed by atoms with Gasteiger partial charge in [0.1, 0.15) is 0 Å². The Balaban J connectivity index is 2.49. The number of carbonyl (C=O) groups is 1. The van der Waals surface area contributed by atoms with Crippen molar-refractivity contribution in [3.63, 3.8) is 0 Å². The minimum Gasteiger partial charge on any atom is -0.494 e. The van der Waals surface area contributed by atoms with Crippen LogP contribution in [0.4, 0.5) is 4.39 Å². The molecule has 0 saturated carbocycles. The van der Waals surface area contributed by atoms with Gasteiger partial charge in [-0.15, -0.1) is 0 Å². The fourth-order valence-corrected chi connectivity index (χ4v) is 1.77. The van der Waals surface area contributed by atoms with Gasteiger partial charge in [0.2, 0.25) is 0 Å². The van der Waals surface area contributed by atoms with E-state index >= 15 is 0 Å². The van der Waals surface area contributed by atoms with Gasteiger partial charge in [0.15, 0.2) is 17.9 Å². The highest BCUT2D eigenvalue weighted by Gasteiger charge is 2.09. The minimum absolute atomic E-state index is 0.202. The van der Waals surface area contributed by atoms with E-state index in [-0.39, 0.29) is 5.75 Å². The van der Waals surface area contributed by atoms with E-state index in [1.165, 1.54) is 13.2 Å². The number of halogens is 1. The zero-order valence-electron chi connectivity index (χ0n) is 9.58. The van der Waals surface area contributed by atoms with Gasteiger partial charge in [0, 0.05) is 11.3 Å². The second kappa shape index (κ2) is 4.41. The molecule has 3 nitrogen and oxygen atoms in total. The molecular formula is C13H12FNO2. The lowest BCUT2D eigenvalue weighted by Gasteiger charge is -2.04. The Morgan fingerprint density at radius 1 is 1.35 bits per heavy atom. The van der Waals surface area contributed by atoms with Gasteiger partial charge in [-0.1, -0.05) is 0 Å². The molecule has 0 amide bonds. The van der Waals surface area contributed by atoms with E-state index in [0.717, 1.165) is 17.5 Å². The molecule has 0 spiro atoms. The van der Waals surface area contributed by atoms with E-state index < -0.39 is 5.82 Å². The highest BCUT2D eigenvalue weighted by Crippen LogP contribution is 2.27. The second-order valence-corrected chi connectivity index (χ2v) is 3.75. The highest BCUT2D eigenvalue weighted by molar-refractivity contribution is 5.77. The number of nitrogens with one attached hydrogen (secondary N) is 1.